The fourth-order valence-corrected chi connectivity index (χ4v) is 3.68. The Balaban J connectivity index is 1.47. The van der Waals surface area contributed by atoms with Crippen molar-refractivity contribution >= 4 is 33.3 Å². The van der Waals surface area contributed by atoms with Crippen LogP contribution in [0.1, 0.15) is 16.6 Å². The Morgan fingerprint density at radius 2 is 1.97 bits per heavy atom. The second-order valence-corrected chi connectivity index (χ2v) is 8.23. The number of nitrogens with two attached hydrogens (primary N) is 1. The minimum atomic E-state index is -4.91. The Hall–Kier alpha value is -3.40. The number of nitrogen functional groups attached to an aromatic ring is 1. The molecule has 1 aliphatic heterocycles. The summed E-state index contributed by atoms with van der Waals surface area (Å²) < 4.78 is 46.5. The summed E-state index contributed by atoms with van der Waals surface area (Å²) >= 11 is 0. The lowest BCUT2D eigenvalue weighted by Crippen LogP contribution is -2.34. The zero-order chi connectivity index (χ0) is 23.2. The van der Waals surface area contributed by atoms with Crippen LogP contribution in [0.5, 0.6) is 0 Å². The molecular weight excluding hydrogens is 453 g/mol. The molecule has 5 N–H and O–H groups in total. The Bertz CT molecular complexity index is 1340. The number of rotatable bonds is 5. The van der Waals surface area contributed by atoms with Crippen LogP contribution >= 0.6 is 0 Å². The first kappa shape index (κ1) is 21.8. The molecule has 0 radical (unpaired) electrons. The molecule has 0 bridgehead atoms. The molecule has 13 nitrogen and oxygen atoms in total. The molecule has 0 amide bonds. The van der Waals surface area contributed by atoms with E-state index in [1.54, 1.807) is 0 Å². The lowest BCUT2D eigenvalue weighted by atomic mass is 10.1. The van der Waals surface area contributed by atoms with Gasteiger partial charge in [-0.25, -0.2) is 9.78 Å². The monoisotopic (exact) mass is 469 g/mol. The molecule has 0 aliphatic carbocycles. The number of nitrogens with one attached hydrogen (secondary N) is 1. The fourth-order valence-electron chi connectivity index (χ4n) is 3.22. The summed E-state index contributed by atoms with van der Waals surface area (Å²) in [6.07, 6.45) is -4.12. The lowest BCUT2D eigenvalue weighted by molar-refractivity contribution is -0.0565. The summed E-state index contributed by atoms with van der Waals surface area (Å²) in [5.41, 5.74) is 4.83. The highest BCUT2D eigenvalue weighted by molar-refractivity contribution is 7.86. The molecule has 2 unspecified atom stereocenters. The van der Waals surface area contributed by atoms with Gasteiger partial charge in [-0.2, -0.15) is 13.4 Å². The van der Waals surface area contributed by atoms with Crippen molar-refractivity contribution in [2.45, 2.75) is 29.4 Å². The largest absolute Gasteiger partial charge is 0.459 e. The fraction of sp³-hybridized carbons (Fsp3) is 0.294. The molecule has 1 fully saturated rings. The quantitative estimate of drug-likeness (QED) is 0.259. The number of esters is 1. The van der Waals surface area contributed by atoms with Crippen molar-refractivity contribution in [3.8, 4) is 0 Å². The number of aliphatic hydroxyl groups excluding tert-OH is 2. The number of aliphatic hydroxyl groups is 2. The van der Waals surface area contributed by atoms with E-state index in [0.717, 1.165) is 24.3 Å². The molecule has 1 aromatic carbocycles. The number of hydrogen-bond donors (Lipinski definition) is 4. The Kier molecular flexibility index (Phi) is 5.41. The van der Waals surface area contributed by atoms with Gasteiger partial charge in [-0.05, 0) is 24.3 Å². The van der Waals surface area contributed by atoms with Crippen molar-refractivity contribution in [2.24, 2.45) is 0 Å². The molecule has 1 aliphatic rings. The maximum absolute atomic E-state index is 12.9. The van der Waals surface area contributed by atoms with Crippen molar-refractivity contribution < 1.29 is 36.8 Å². The smallest absolute Gasteiger partial charge is 0.338 e. The van der Waals surface area contributed by atoms with Gasteiger partial charge in [0.1, 0.15) is 24.9 Å². The summed E-state index contributed by atoms with van der Waals surface area (Å²) in [5, 5.41) is 20.7. The number of aromatic nitrogens is 4. The number of imidazole rings is 1. The number of nitrogens with zero attached hydrogens (tertiary/aromatic N) is 3. The van der Waals surface area contributed by atoms with Crippen LogP contribution in [-0.2, 0) is 19.7 Å². The van der Waals surface area contributed by atoms with Gasteiger partial charge < -0.3 is 25.4 Å². The van der Waals surface area contributed by atoms with Crippen molar-refractivity contribution in [1.82, 2.24) is 19.5 Å². The van der Waals surface area contributed by atoms with Crippen LogP contribution in [0.2, 0.25) is 0 Å². The molecule has 3 heterocycles. The van der Waals surface area contributed by atoms with Gasteiger partial charge in [0.25, 0.3) is 5.56 Å². The van der Waals surface area contributed by atoms with E-state index < -0.39 is 57.8 Å². The molecule has 3 aromatic rings. The van der Waals surface area contributed by atoms with Crippen LogP contribution in [0.3, 0.4) is 0 Å². The van der Waals surface area contributed by atoms with Gasteiger partial charge in [0.05, 0.1) is 16.8 Å². The number of benzene rings is 1. The van der Waals surface area contributed by atoms with Gasteiger partial charge in [0, 0.05) is 0 Å². The average Bonchev–Trinajstić information content (AvgIpc) is 3.27. The van der Waals surface area contributed by atoms with Crippen LogP contribution in [-0.4, -0.2) is 69.0 Å². The zero-order valence-corrected chi connectivity index (χ0v) is 16.8. The third kappa shape index (κ3) is 3.93. The van der Waals surface area contributed by atoms with Gasteiger partial charge in [-0.15, -0.1) is 3.89 Å². The Morgan fingerprint density at radius 3 is 2.62 bits per heavy atom. The number of carbonyl (C=O) groups excluding carboxylic acids is 1. The predicted octanol–water partition coefficient (Wildman–Crippen LogP) is -1.16. The third-order valence-corrected chi connectivity index (χ3v) is 5.65. The van der Waals surface area contributed by atoms with Gasteiger partial charge in [0.15, 0.2) is 17.4 Å². The van der Waals surface area contributed by atoms with Crippen molar-refractivity contribution in [1.29, 1.82) is 0 Å². The number of carbonyl (C=O) groups is 1. The molecule has 170 valence electrons. The van der Waals surface area contributed by atoms with E-state index >= 15 is 0 Å². The number of halogens is 1. The van der Waals surface area contributed by atoms with E-state index in [0.29, 0.717) is 0 Å². The standard InChI is InChI=1S/C17H16FN5O8S/c18-32(28,29)8-3-1-7(2-4-8)16(27)30-5-9-11(24)12(25)15(31-9)23-6-20-10-13(23)21-17(19)22-14(10)26/h1-4,6,9,11-12,15,24-25H,5H2,(H3,19,21,22,26)/t9-,11?,12?,15-/m1/s1. The van der Waals surface area contributed by atoms with Crippen LogP contribution in [0.4, 0.5) is 9.83 Å². The van der Waals surface area contributed by atoms with Crippen LogP contribution in [0.25, 0.3) is 11.2 Å². The zero-order valence-electron chi connectivity index (χ0n) is 16.0. The number of H-pyrrole nitrogens is 1. The van der Waals surface area contributed by atoms with Gasteiger partial charge >= 0.3 is 16.2 Å². The van der Waals surface area contributed by atoms with Gasteiger partial charge in [-0.3, -0.25) is 14.3 Å². The number of hydrogen-bond acceptors (Lipinski definition) is 11. The van der Waals surface area contributed by atoms with E-state index in [1.165, 1.54) is 10.9 Å². The molecule has 15 heteroatoms. The maximum atomic E-state index is 12.9. The minimum absolute atomic E-state index is 0.0167. The number of anilines is 1. The highest BCUT2D eigenvalue weighted by Crippen LogP contribution is 2.31. The second-order valence-electron chi connectivity index (χ2n) is 6.88. The highest BCUT2D eigenvalue weighted by atomic mass is 32.3. The molecule has 1 saturated heterocycles. The third-order valence-electron chi connectivity index (χ3n) is 4.81. The maximum Gasteiger partial charge on any atom is 0.338 e. The summed E-state index contributed by atoms with van der Waals surface area (Å²) in [5.74, 6) is -1.08. The molecule has 0 saturated carbocycles. The van der Waals surface area contributed by atoms with Crippen LogP contribution in [0.15, 0.2) is 40.3 Å². The summed E-state index contributed by atoms with van der Waals surface area (Å²) in [6.45, 7) is -0.473. The van der Waals surface area contributed by atoms with E-state index in [4.69, 9.17) is 15.2 Å². The van der Waals surface area contributed by atoms with E-state index in [2.05, 4.69) is 15.0 Å². The molecule has 4 atom stereocenters. The minimum Gasteiger partial charge on any atom is -0.459 e. The topological polar surface area (TPSA) is 200 Å². The normalized spacial score (nSPS) is 23.5. The Labute approximate surface area is 178 Å². The van der Waals surface area contributed by atoms with Crippen molar-refractivity contribution in [2.75, 3.05) is 12.3 Å². The highest BCUT2D eigenvalue weighted by Gasteiger charge is 2.45. The second kappa shape index (κ2) is 7.94. The summed E-state index contributed by atoms with van der Waals surface area (Å²) in [7, 11) is -4.91. The SMILES string of the molecule is Nc1nc2c(ncn2[C@@H]2O[C@H](COC(=O)c3ccc(S(=O)(=O)F)cc3)C(O)C2O)c(=O)[nH]1. The lowest BCUT2D eigenvalue weighted by Gasteiger charge is -2.16. The summed E-state index contributed by atoms with van der Waals surface area (Å²) in [4.78, 5) is 33.6. The first-order valence-electron chi connectivity index (χ1n) is 9.02. The first-order valence-corrected chi connectivity index (χ1v) is 10.4. The number of aromatic amines is 1. The van der Waals surface area contributed by atoms with Gasteiger partial charge in [-0.1, -0.05) is 0 Å². The van der Waals surface area contributed by atoms with Crippen molar-refractivity contribution in [3.63, 3.8) is 0 Å². The van der Waals surface area contributed by atoms with Crippen molar-refractivity contribution in [3.05, 3.63) is 46.5 Å². The molecule has 32 heavy (non-hydrogen) atoms. The van der Waals surface area contributed by atoms with E-state index in [9.17, 15) is 32.1 Å². The number of fused-ring (bicyclic) bond motifs is 1. The van der Waals surface area contributed by atoms with E-state index in [1.807, 2.05) is 0 Å². The molecular formula is C17H16FN5O8S. The van der Waals surface area contributed by atoms with Gasteiger partial charge in [0.2, 0.25) is 5.95 Å². The van der Waals surface area contributed by atoms with Crippen LogP contribution in [0, 0.1) is 0 Å². The first-order chi connectivity index (χ1) is 15.1. The Morgan fingerprint density at radius 1 is 1.28 bits per heavy atom. The van der Waals surface area contributed by atoms with E-state index in [-0.39, 0.29) is 22.7 Å². The van der Waals surface area contributed by atoms with Crippen LogP contribution < -0.4 is 11.3 Å². The summed E-state index contributed by atoms with van der Waals surface area (Å²) in [6, 6.07) is 3.92. The average molecular weight is 469 g/mol. The predicted molar refractivity (Wildman–Crippen MR) is 104 cm³/mol. The molecule has 0 spiro atoms. The molecule has 2 aromatic heterocycles. The number of ether oxygens (including phenoxy) is 2. The molecule has 4 rings (SSSR count).